The molecule has 3 nitrogen and oxygen atoms in total. The number of ether oxygens (including phenoxy) is 1. The molecule has 3 heteroatoms. The normalized spacial score (nSPS) is 18.0. The van der Waals surface area contributed by atoms with Crippen molar-refractivity contribution in [2.75, 3.05) is 13.2 Å². The molecule has 0 radical (unpaired) electrons. The molecule has 0 saturated carbocycles. The van der Waals surface area contributed by atoms with Gasteiger partial charge in [-0.3, -0.25) is 4.79 Å². The zero-order valence-electron chi connectivity index (χ0n) is 14.4. The lowest BCUT2D eigenvalue weighted by Crippen LogP contribution is -2.31. The van der Waals surface area contributed by atoms with Crippen LogP contribution < -0.4 is 10.1 Å². The summed E-state index contributed by atoms with van der Waals surface area (Å²) < 4.78 is 5.95. The lowest BCUT2D eigenvalue weighted by Gasteiger charge is -2.19. The fourth-order valence-corrected chi connectivity index (χ4v) is 2.96. The van der Waals surface area contributed by atoms with Gasteiger partial charge >= 0.3 is 0 Å². The Balaban J connectivity index is 2.27. The molecule has 1 saturated heterocycles. The summed E-state index contributed by atoms with van der Waals surface area (Å²) in [6.07, 6.45) is 4.22. The average molecular weight is 303 g/mol. The van der Waals surface area contributed by atoms with E-state index in [0.29, 0.717) is 5.92 Å². The van der Waals surface area contributed by atoms with E-state index in [-0.39, 0.29) is 11.8 Å². The molecule has 1 aliphatic heterocycles. The Kier molecular flexibility index (Phi) is 6.01. The monoisotopic (exact) mass is 303 g/mol. The lowest BCUT2D eigenvalue weighted by atomic mass is 9.92. The molecular weight excluding hydrogens is 274 g/mol. The summed E-state index contributed by atoms with van der Waals surface area (Å²) in [5.74, 6) is 1.52. The van der Waals surface area contributed by atoms with Crippen molar-refractivity contribution in [3.8, 4) is 5.75 Å². The Morgan fingerprint density at radius 1 is 1.41 bits per heavy atom. The summed E-state index contributed by atoms with van der Waals surface area (Å²) in [7, 11) is 0. The largest absolute Gasteiger partial charge is 0.493 e. The third-order valence-corrected chi connectivity index (χ3v) is 4.38. The molecule has 0 aromatic heterocycles. The molecule has 2 rings (SSSR count). The van der Waals surface area contributed by atoms with Gasteiger partial charge in [0.2, 0.25) is 0 Å². The summed E-state index contributed by atoms with van der Waals surface area (Å²) in [6, 6.07) is 4.10. The molecule has 0 aliphatic carbocycles. The Morgan fingerprint density at radius 2 is 2.18 bits per heavy atom. The van der Waals surface area contributed by atoms with Crippen LogP contribution in [-0.4, -0.2) is 25.0 Å². The van der Waals surface area contributed by atoms with E-state index in [1.54, 1.807) is 0 Å². The number of unbranched alkanes of at least 4 members (excludes halogenated alkanes) is 1. The fraction of sp³-hybridized carbons (Fsp3) is 0.632. The molecule has 22 heavy (non-hydrogen) atoms. The van der Waals surface area contributed by atoms with Crippen LogP contribution in [0.3, 0.4) is 0 Å². The molecule has 0 bridgehead atoms. The Hall–Kier alpha value is -1.35. The van der Waals surface area contributed by atoms with Gasteiger partial charge in [0.1, 0.15) is 5.75 Å². The third kappa shape index (κ3) is 3.89. The summed E-state index contributed by atoms with van der Waals surface area (Å²) in [5, 5.41) is 3.31. The van der Waals surface area contributed by atoms with Gasteiger partial charge in [0, 0.05) is 5.56 Å². The van der Waals surface area contributed by atoms with Crippen molar-refractivity contribution in [3.05, 3.63) is 28.8 Å². The van der Waals surface area contributed by atoms with Crippen molar-refractivity contribution in [2.45, 2.75) is 65.3 Å². The molecule has 0 amide bonds. The number of carbonyl (C=O) groups excluding carboxylic acids is 1. The zero-order valence-corrected chi connectivity index (χ0v) is 14.4. The third-order valence-electron chi connectivity index (χ3n) is 4.38. The molecule has 1 unspecified atom stereocenters. The standard InChI is InChI=1S/C19H29NO2/c1-5-6-10-22-18-11-14(4)16(12-15(18)13(2)3)19(21)17-8-7-9-20-17/h11-13,17,20H,5-10H2,1-4H3. The lowest BCUT2D eigenvalue weighted by molar-refractivity contribution is 0.0951. The van der Waals surface area contributed by atoms with Crippen LogP contribution in [0.4, 0.5) is 0 Å². The Morgan fingerprint density at radius 3 is 2.77 bits per heavy atom. The number of Topliss-reactive ketones (excluding diaryl/α,β-unsaturated/α-hetero) is 1. The van der Waals surface area contributed by atoms with Crippen LogP contribution in [0.25, 0.3) is 0 Å². The molecule has 1 heterocycles. The molecule has 1 aliphatic rings. The van der Waals surface area contributed by atoms with Crippen LogP contribution >= 0.6 is 0 Å². The van der Waals surface area contributed by atoms with E-state index in [2.05, 4.69) is 32.2 Å². The zero-order chi connectivity index (χ0) is 16.1. The quantitative estimate of drug-likeness (QED) is 0.605. The summed E-state index contributed by atoms with van der Waals surface area (Å²) in [5.41, 5.74) is 3.02. The van der Waals surface area contributed by atoms with E-state index in [1.807, 2.05) is 13.0 Å². The number of ketones is 1. The van der Waals surface area contributed by atoms with Crippen LogP contribution in [-0.2, 0) is 0 Å². The Bertz CT molecular complexity index is 516. The maximum absolute atomic E-state index is 12.7. The van der Waals surface area contributed by atoms with E-state index in [0.717, 1.165) is 61.3 Å². The number of benzene rings is 1. The second kappa shape index (κ2) is 7.77. The number of aryl methyl sites for hydroxylation is 1. The van der Waals surface area contributed by atoms with Crippen LogP contribution in [0.15, 0.2) is 12.1 Å². The molecule has 1 aromatic carbocycles. The van der Waals surface area contributed by atoms with Gasteiger partial charge in [-0.1, -0.05) is 27.2 Å². The number of hydrogen-bond acceptors (Lipinski definition) is 3. The Labute approximate surface area is 134 Å². The predicted molar refractivity (Wildman–Crippen MR) is 91.0 cm³/mol. The van der Waals surface area contributed by atoms with Crippen molar-refractivity contribution in [1.29, 1.82) is 0 Å². The highest BCUT2D eigenvalue weighted by atomic mass is 16.5. The van der Waals surface area contributed by atoms with Crippen molar-refractivity contribution in [2.24, 2.45) is 0 Å². The molecule has 0 spiro atoms. The molecule has 1 fully saturated rings. The van der Waals surface area contributed by atoms with Gasteiger partial charge in [-0.25, -0.2) is 0 Å². The van der Waals surface area contributed by atoms with Crippen LogP contribution in [0.5, 0.6) is 5.75 Å². The second-order valence-corrected chi connectivity index (χ2v) is 6.57. The first-order valence-corrected chi connectivity index (χ1v) is 8.59. The molecule has 1 aromatic rings. The molecule has 122 valence electrons. The minimum absolute atomic E-state index is 0.00873. The van der Waals surface area contributed by atoms with E-state index < -0.39 is 0 Å². The highest BCUT2D eigenvalue weighted by Crippen LogP contribution is 2.31. The SMILES string of the molecule is CCCCOc1cc(C)c(C(=O)C2CCCN2)cc1C(C)C. The van der Waals surface area contributed by atoms with Crippen LogP contribution in [0, 0.1) is 6.92 Å². The van der Waals surface area contributed by atoms with E-state index in [9.17, 15) is 4.79 Å². The smallest absolute Gasteiger partial charge is 0.180 e. The van der Waals surface area contributed by atoms with E-state index >= 15 is 0 Å². The van der Waals surface area contributed by atoms with Crippen LogP contribution in [0.1, 0.15) is 73.9 Å². The second-order valence-electron chi connectivity index (χ2n) is 6.57. The topological polar surface area (TPSA) is 38.3 Å². The van der Waals surface area contributed by atoms with Gasteiger partial charge < -0.3 is 10.1 Å². The summed E-state index contributed by atoms with van der Waals surface area (Å²) in [4.78, 5) is 12.7. The van der Waals surface area contributed by atoms with Crippen molar-refractivity contribution >= 4 is 5.78 Å². The minimum Gasteiger partial charge on any atom is -0.493 e. The first-order valence-electron chi connectivity index (χ1n) is 8.59. The van der Waals surface area contributed by atoms with Gasteiger partial charge in [-0.2, -0.15) is 0 Å². The number of hydrogen-bond donors (Lipinski definition) is 1. The van der Waals surface area contributed by atoms with Gasteiger partial charge in [-0.05, 0) is 61.9 Å². The van der Waals surface area contributed by atoms with Gasteiger partial charge in [0.05, 0.1) is 12.6 Å². The van der Waals surface area contributed by atoms with Crippen molar-refractivity contribution < 1.29 is 9.53 Å². The first kappa shape index (κ1) is 17.0. The van der Waals surface area contributed by atoms with E-state index in [4.69, 9.17) is 4.74 Å². The number of rotatable bonds is 7. The molecule has 1 atom stereocenters. The van der Waals surface area contributed by atoms with Gasteiger partial charge in [0.25, 0.3) is 0 Å². The number of nitrogens with one attached hydrogen (secondary N) is 1. The van der Waals surface area contributed by atoms with Gasteiger partial charge in [-0.15, -0.1) is 0 Å². The van der Waals surface area contributed by atoms with Crippen molar-refractivity contribution in [3.63, 3.8) is 0 Å². The fourth-order valence-electron chi connectivity index (χ4n) is 2.96. The van der Waals surface area contributed by atoms with Gasteiger partial charge in [0.15, 0.2) is 5.78 Å². The summed E-state index contributed by atoms with van der Waals surface area (Å²) in [6.45, 7) is 10.2. The highest BCUT2D eigenvalue weighted by Gasteiger charge is 2.25. The molecular formula is C19H29NO2. The summed E-state index contributed by atoms with van der Waals surface area (Å²) >= 11 is 0. The predicted octanol–water partition coefficient (Wildman–Crippen LogP) is 4.23. The first-order chi connectivity index (χ1) is 10.5. The van der Waals surface area contributed by atoms with Crippen molar-refractivity contribution in [1.82, 2.24) is 5.32 Å². The maximum atomic E-state index is 12.7. The van der Waals surface area contributed by atoms with E-state index in [1.165, 1.54) is 0 Å². The van der Waals surface area contributed by atoms with Crippen LogP contribution in [0.2, 0.25) is 0 Å². The average Bonchev–Trinajstić information content (AvgIpc) is 3.01. The molecule has 1 N–H and O–H groups in total. The minimum atomic E-state index is -0.00873. The maximum Gasteiger partial charge on any atom is 0.180 e. The highest BCUT2D eigenvalue weighted by molar-refractivity contribution is 6.01. The number of carbonyl (C=O) groups is 1.